The lowest BCUT2D eigenvalue weighted by Crippen LogP contribution is -2.35. The third kappa shape index (κ3) is 4.36. The van der Waals surface area contributed by atoms with E-state index in [-0.39, 0.29) is 12.1 Å². The van der Waals surface area contributed by atoms with Crippen molar-refractivity contribution in [3.8, 4) is 0 Å². The highest BCUT2D eigenvalue weighted by atomic mass is 32.1. The Morgan fingerprint density at radius 2 is 2.12 bits per heavy atom. The van der Waals surface area contributed by atoms with Crippen LogP contribution in [0.4, 0.5) is 10.5 Å². The quantitative estimate of drug-likeness (QED) is 0.779. The summed E-state index contributed by atoms with van der Waals surface area (Å²) < 4.78 is 5.14. The number of ether oxygens (including phenoxy) is 1. The van der Waals surface area contributed by atoms with E-state index in [1.807, 2.05) is 24.3 Å². The first kappa shape index (κ1) is 17.0. The topological polar surface area (TPSA) is 50.4 Å². The third-order valence-electron chi connectivity index (χ3n) is 4.50. The minimum atomic E-state index is -0.144. The molecule has 4 nitrogen and oxygen atoms in total. The number of carbonyl (C=O) groups excluding carboxylic acids is 1. The van der Waals surface area contributed by atoms with Crippen molar-refractivity contribution >= 4 is 23.1 Å². The number of thiophene rings is 1. The van der Waals surface area contributed by atoms with Crippen LogP contribution in [0.25, 0.3) is 0 Å². The molecule has 2 N–H and O–H groups in total. The molecule has 1 aliphatic carbocycles. The van der Waals surface area contributed by atoms with Gasteiger partial charge < -0.3 is 15.4 Å². The zero-order valence-electron chi connectivity index (χ0n) is 14.0. The van der Waals surface area contributed by atoms with E-state index < -0.39 is 0 Å². The average molecular weight is 344 g/mol. The molecule has 24 heavy (non-hydrogen) atoms. The van der Waals surface area contributed by atoms with Gasteiger partial charge in [0, 0.05) is 17.7 Å². The molecule has 0 spiro atoms. The van der Waals surface area contributed by atoms with Gasteiger partial charge in [-0.15, -0.1) is 11.3 Å². The van der Waals surface area contributed by atoms with Gasteiger partial charge in [0.1, 0.15) is 0 Å². The van der Waals surface area contributed by atoms with E-state index in [9.17, 15) is 4.79 Å². The summed E-state index contributed by atoms with van der Waals surface area (Å²) >= 11 is 1.72. The normalized spacial score (nSPS) is 16.0. The molecule has 128 valence electrons. The number of benzene rings is 1. The number of rotatable bonds is 6. The van der Waals surface area contributed by atoms with Crippen LogP contribution in [-0.4, -0.2) is 13.1 Å². The molecule has 2 amide bonds. The van der Waals surface area contributed by atoms with Crippen LogP contribution in [0.15, 0.2) is 41.8 Å². The third-order valence-corrected chi connectivity index (χ3v) is 5.46. The Morgan fingerprint density at radius 3 is 2.83 bits per heavy atom. The molecule has 0 unspecified atom stereocenters. The second-order valence-electron chi connectivity index (χ2n) is 6.27. The van der Waals surface area contributed by atoms with Crippen LogP contribution in [0.1, 0.15) is 42.2 Å². The average Bonchev–Trinajstić information content (AvgIpc) is 3.27. The van der Waals surface area contributed by atoms with E-state index in [4.69, 9.17) is 4.74 Å². The summed E-state index contributed by atoms with van der Waals surface area (Å²) in [6, 6.07) is 11.9. The Balaban J connectivity index is 1.66. The van der Waals surface area contributed by atoms with E-state index in [0.29, 0.717) is 12.5 Å². The summed E-state index contributed by atoms with van der Waals surface area (Å²) in [5.74, 6) is 0.536. The first-order valence-corrected chi connectivity index (χ1v) is 9.33. The van der Waals surface area contributed by atoms with Gasteiger partial charge in [0.2, 0.25) is 0 Å². The number of nitrogens with one attached hydrogen (secondary N) is 2. The van der Waals surface area contributed by atoms with Gasteiger partial charge in [-0.05, 0) is 47.9 Å². The van der Waals surface area contributed by atoms with Crippen LogP contribution >= 0.6 is 11.3 Å². The molecule has 1 aromatic carbocycles. The van der Waals surface area contributed by atoms with Gasteiger partial charge in [0.25, 0.3) is 0 Å². The number of anilines is 1. The molecule has 1 aromatic heterocycles. The summed E-state index contributed by atoms with van der Waals surface area (Å²) in [4.78, 5) is 13.7. The zero-order valence-corrected chi connectivity index (χ0v) is 14.8. The van der Waals surface area contributed by atoms with E-state index in [1.54, 1.807) is 18.4 Å². The predicted molar refractivity (Wildman–Crippen MR) is 98.3 cm³/mol. The van der Waals surface area contributed by atoms with Crippen molar-refractivity contribution in [1.82, 2.24) is 5.32 Å². The SMILES string of the molecule is COCc1cccc(NC(=O)N[C@H](c2cccs2)C2CCCC2)c1. The van der Waals surface area contributed by atoms with Crippen molar-refractivity contribution in [3.63, 3.8) is 0 Å². The molecule has 0 aliphatic heterocycles. The number of hydrogen-bond acceptors (Lipinski definition) is 3. The largest absolute Gasteiger partial charge is 0.380 e. The molecule has 0 saturated heterocycles. The van der Waals surface area contributed by atoms with E-state index >= 15 is 0 Å². The lowest BCUT2D eigenvalue weighted by Gasteiger charge is -2.24. The monoisotopic (exact) mass is 344 g/mol. The van der Waals surface area contributed by atoms with Crippen molar-refractivity contribution in [2.45, 2.75) is 38.3 Å². The van der Waals surface area contributed by atoms with Crippen LogP contribution in [0.5, 0.6) is 0 Å². The van der Waals surface area contributed by atoms with Gasteiger partial charge in [-0.1, -0.05) is 31.0 Å². The van der Waals surface area contributed by atoms with Gasteiger partial charge >= 0.3 is 6.03 Å². The second-order valence-corrected chi connectivity index (χ2v) is 7.25. The Bertz CT molecular complexity index is 651. The minimum Gasteiger partial charge on any atom is -0.380 e. The number of amides is 2. The molecular weight excluding hydrogens is 320 g/mol. The lowest BCUT2D eigenvalue weighted by atomic mass is 9.97. The molecule has 5 heteroatoms. The van der Waals surface area contributed by atoms with Crippen molar-refractivity contribution in [2.75, 3.05) is 12.4 Å². The number of methoxy groups -OCH3 is 1. The van der Waals surface area contributed by atoms with Crippen LogP contribution < -0.4 is 10.6 Å². The first-order valence-electron chi connectivity index (χ1n) is 8.45. The molecule has 1 atom stereocenters. The fourth-order valence-corrected chi connectivity index (χ4v) is 4.26. The zero-order chi connectivity index (χ0) is 16.8. The lowest BCUT2D eigenvalue weighted by molar-refractivity contribution is 0.185. The van der Waals surface area contributed by atoms with Crippen molar-refractivity contribution in [2.24, 2.45) is 5.92 Å². The summed E-state index contributed by atoms with van der Waals surface area (Å²) in [5, 5.41) is 8.22. The molecule has 1 fully saturated rings. The highest BCUT2D eigenvalue weighted by Crippen LogP contribution is 2.37. The fraction of sp³-hybridized carbons (Fsp3) is 0.421. The Labute approximate surface area is 147 Å². The number of carbonyl (C=O) groups is 1. The smallest absolute Gasteiger partial charge is 0.319 e. The number of urea groups is 1. The first-order chi connectivity index (χ1) is 11.8. The van der Waals surface area contributed by atoms with E-state index in [1.165, 1.54) is 30.6 Å². The highest BCUT2D eigenvalue weighted by Gasteiger charge is 2.28. The predicted octanol–water partition coefficient (Wildman–Crippen LogP) is 4.95. The minimum absolute atomic E-state index is 0.106. The van der Waals surface area contributed by atoms with Gasteiger partial charge in [-0.2, -0.15) is 0 Å². The van der Waals surface area contributed by atoms with Gasteiger partial charge in [-0.25, -0.2) is 4.79 Å². The molecule has 3 rings (SSSR count). The summed E-state index contributed by atoms with van der Waals surface area (Å²) in [5.41, 5.74) is 1.83. The standard InChI is InChI=1S/C19H24N2O2S/c1-23-13-14-6-4-9-16(12-14)20-19(22)21-18(15-7-2-3-8-15)17-10-5-11-24-17/h4-6,9-12,15,18H,2-3,7-8,13H2,1H3,(H2,20,21,22)/t18-/m0/s1. The fourth-order valence-electron chi connectivity index (χ4n) is 3.39. The molecule has 1 aliphatic rings. The van der Waals surface area contributed by atoms with Crippen LogP contribution in [0.3, 0.4) is 0 Å². The van der Waals surface area contributed by atoms with Crippen LogP contribution in [0, 0.1) is 5.92 Å². The summed E-state index contributed by atoms with van der Waals surface area (Å²) in [6.45, 7) is 0.539. The molecule has 0 radical (unpaired) electrons. The molecular formula is C19H24N2O2S. The Kier molecular flexibility index (Phi) is 5.88. The Hall–Kier alpha value is -1.85. The maximum Gasteiger partial charge on any atom is 0.319 e. The van der Waals surface area contributed by atoms with Crippen molar-refractivity contribution < 1.29 is 9.53 Å². The highest BCUT2D eigenvalue weighted by molar-refractivity contribution is 7.10. The summed E-state index contributed by atoms with van der Waals surface area (Å²) in [7, 11) is 1.67. The number of hydrogen-bond donors (Lipinski definition) is 2. The Morgan fingerprint density at radius 1 is 1.29 bits per heavy atom. The summed E-state index contributed by atoms with van der Waals surface area (Å²) in [6.07, 6.45) is 4.89. The van der Waals surface area contributed by atoms with Gasteiger partial charge in [0.15, 0.2) is 0 Å². The van der Waals surface area contributed by atoms with Crippen molar-refractivity contribution in [1.29, 1.82) is 0 Å². The van der Waals surface area contributed by atoms with Crippen LogP contribution in [0.2, 0.25) is 0 Å². The van der Waals surface area contributed by atoms with Gasteiger partial charge in [0.05, 0.1) is 12.6 Å². The van der Waals surface area contributed by atoms with Gasteiger partial charge in [-0.3, -0.25) is 0 Å². The molecule has 1 heterocycles. The maximum absolute atomic E-state index is 12.5. The molecule has 0 bridgehead atoms. The second kappa shape index (κ2) is 8.31. The van der Waals surface area contributed by atoms with Crippen LogP contribution in [-0.2, 0) is 11.3 Å². The molecule has 1 saturated carbocycles. The maximum atomic E-state index is 12.5. The van der Waals surface area contributed by atoms with E-state index in [2.05, 4.69) is 28.1 Å². The van der Waals surface area contributed by atoms with Crippen molar-refractivity contribution in [3.05, 3.63) is 52.2 Å². The van der Waals surface area contributed by atoms with E-state index in [0.717, 1.165) is 11.3 Å². The molecule has 2 aromatic rings.